The Morgan fingerprint density at radius 3 is 2.71 bits per heavy atom. The van der Waals surface area contributed by atoms with Crippen LogP contribution in [-0.2, 0) is 6.42 Å². The van der Waals surface area contributed by atoms with Crippen LogP contribution >= 0.6 is 15.9 Å². The summed E-state index contributed by atoms with van der Waals surface area (Å²) in [4.78, 5) is 0. The summed E-state index contributed by atoms with van der Waals surface area (Å²) in [6.45, 7) is 5.47. The molecule has 2 rings (SSSR count). The van der Waals surface area contributed by atoms with E-state index in [1.807, 2.05) is 0 Å². The Morgan fingerprint density at radius 1 is 1.24 bits per heavy atom. The predicted octanol–water partition coefficient (Wildman–Crippen LogP) is 5.33. The lowest BCUT2D eigenvalue weighted by molar-refractivity contribution is 0.195. The van der Waals surface area contributed by atoms with Gasteiger partial charge in [0.1, 0.15) is 5.82 Å². The Morgan fingerprint density at radius 2 is 2.05 bits per heavy atom. The van der Waals surface area contributed by atoms with Gasteiger partial charge in [-0.25, -0.2) is 4.39 Å². The normalized spacial score (nSPS) is 26.0. The molecule has 1 aromatic carbocycles. The molecule has 1 saturated carbocycles. The Bertz CT molecular complexity index is 429. The fraction of sp³-hybridized carbons (Fsp3) is 0.667. The lowest BCUT2D eigenvalue weighted by atomic mass is 9.74. The van der Waals surface area contributed by atoms with Gasteiger partial charge in [-0.05, 0) is 67.8 Å². The van der Waals surface area contributed by atoms with Crippen molar-refractivity contribution in [3.8, 4) is 0 Å². The molecule has 1 aliphatic rings. The van der Waals surface area contributed by atoms with E-state index in [1.165, 1.54) is 38.2 Å². The second-order valence-corrected chi connectivity index (χ2v) is 7.29. The van der Waals surface area contributed by atoms with Crippen LogP contribution in [0, 0.1) is 17.7 Å². The van der Waals surface area contributed by atoms with Crippen molar-refractivity contribution in [3.05, 3.63) is 34.1 Å². The highest BCUT2D eigenvalue weighted by atomic mass is 79.9. The number of benzene rings is 1. The molecule has 1 fully saturated rings. The number of hydrogen-bond acceptors (Lipinski definition) is 1. The van der Waals surface area contributed by atoms with Crippen molar-refractivity contribution >= 4 is 15.9 Å². The Labute approximate surface area is 136 Å². The Hall–Kier alpha value is -0.410. The van der Waals surface area contributed by atoms with Gasteiger partial charge in [-0.2, -0.15) is 0 Å². The molecular weight excluding hydrogens is 329 g/mol. The first kappa shape index (κ1) is 17.0. The smallest absolute Gasteiger partial charge is 0.124 e. The number of nitrogens with one attached hydrogen (secondary N) is 1. The van der Waals surface area contributed by atoms with Crippen molar-refractivity contribution in [3.63, 3.8) is 0 Å². The molecule has 1 nitrogen and oxygen atoms in total. The van der Waals surface area contributed by atoms with Crippen LogP contribution in [0.5, 0.6) is 0 Å². The van der Waals surface area contributed by atoms with Crippen LogP contribution in [0.4, 0.5) is 4.39 Å². The molecule has 0 amide bonds. The van der Waals surface area contributed by atoms with Gasteiger partial charge >= 0.3 is 0 Å². The van der Waals surface area contributed by atoms with E-state index >= 15 is 0 Å². The summed E-state index contributed by atoms with van der Waals surface area (Å²) in [5.74, 6) is 1.34. The fourth-order valence-electron chi connectivity index (χ4n) is 3.82. The largest absolute Gasteiger partial charge is 0.314 e. The highest BCUT2D eigenvalue weighted by molar-refractivity contribution is 9.10. The molecule has 0 radical (unpaired) electrons. The van der Waals surface area contributed by atoms with Gasteiger partial charge in [0, 0.05) is 10.5 Å². The van der Waals surface area contributed by atoms with Gasteiger partial charge in [-0.1, -0.05) is 42.6 Å². The van der Waals surface area contributed by atoms with Crippen molar-refractivity contribution in [1.29, 1.82) is 0 Å². The second kappa shape index (κ2) is 8.28. The molecule has 0 spiro atoms. The summed E-state index contributed by atoms with van der Waals surface area (Å²) in [5.41, 5.74) is 1.12. The third-order valence-corrected chi connectivity index (χ3v) is 5.13. The van der Waals surface area contributed by atoms with Crippen molar-refractivity contribution in [2.24, 2.45) is 11.8 Å². The van der Waals surface area contributed by atoms with Crippen molar-refractivity contribution in [1.82, 2.24) is 5.32 Å². The summed E-state index contributed by atoms with van der Waals surface area (Å²) in [6.07, 6.45) is 7.47. The number of rotatable bonds is 6. The average molecular weight is 356 g/mol. The molecule has 0 aliphatic heterocycles. The minimum Gasteiger partial charge on any atom is -0.314 e. The van der Waals surface area contributed by atoms with E-state index in [4.69, 9.17) is 0 Å². The third-order valence-electron chi connectivity index (χ3n) is 4.67. The minimum absolute atomic E-state index is 0.139. The molecular formula is C18H27BrFN. The first-order valence-corrected chi connectivity index (χ1v) is 9.10. The van der Waals surface area contributed by atoms with E-state index in [2.05, 4.69) is 41.2 Å². The van der Waals surface area contributed by atoms with Crippen molar-refractivity contribution in [2.75, 3.05) is 6.54 Å². The summed E-state index contributed by atoms with van der Waals surface area (Å²) in [5, 5.41) is 3.64. The van der Waals surface area contributed by atoms with Crippen LogP contribution in [0.25, 0.3) is 0 Å². The maximum Gasteiger partial charge on any atom is 0.124 e. The lowest BCUT2D eigenvalue weighted by Gasteiger charge is -2.37. The minimum atomic E-state index is -0.139. The summed E-state index contributed by atoms with van der Waals surface area (Å²) in [6, 6.07) is 5.88. The van der Waals surface area contributed by atoms with E-state index < -0.39 is 0 Å². The maximum atomic E-state index is 13.6. The molecule has 1 N–H and O–H groups in total. The topological polar surface area (TPSA) is 12.0 Å². The summed E-state index contributed by atoms with van der Waals surface area (Å²) >= 11 is 3.40. The first-order valence-electron chi connectivity index (χ1n) is 8.30. The van der Waals surface area contributed by atoms with Crippen LogP contribution in [0.3, 0.4) is 0 Å². The zero-order valence-corrected chi connectivity index (χ0v) is 14.8. The van der Waals surface area contributed by atoms with Crippen molar-refractivity contribution in [2.45, 2.75) is 58.4 Å². The molecule has 3 heteroatoms. The maximum absolute atomic E-state index is 13.6. The third kappa shape index (κ3) is 5.07. The Balaban J connectivity index is 2.07. The van der Waals surface area contributed by atoms with Gasteiger partial charge in [-0.15, -0.1) is 0 Å². The molecule has 0 bridgehead atoms. The van der Waals surface area contributed by atoms with Crippen molar-refractivity contribution < 1.29 is 4.39 Å². The molecule has 118 valence electrons. The van der Waals surface area contributed by atoms with Gasteiger partial charge in [-0.3, -0.25) is 0 Å². The van der Waals surface area contributed by atoms with Crippen LogP contribution in [0.1, 0.15) is 51.5 Å². The number of hydrogen-bond donors (Lipinski definition) is 1. The van der Waals surface area contributed by atoms with E-state index in [-0.39, 0.29) is 5.82 Å². The molecule has 0 aromatic heterocycles. The highest BCUT2D eigenvalue weighted by Gasteiger charge is 2.29. The highest BCUT2D eigenvalue weighted by Crippen LogP contribution is 2.34. The van der Waals surface area contributed by atoms with E-state index in [0.29, 0.717) is 12.0 Å². The Kier molecular flexibility index (Phi) is 6.69. The van der Waals surface area contributed by atoms with E-state index in [1.54, 1.807) is 6.07 Å². The fourth-order valence-corrected chi connectivity index (χ4v) is 4.33. The average Bonchev–Trinajstić information content (AvgIpc) is 2.41. The summed E-state index contributed by atoms with van der Waals surface area (Å²) < 4.78 is 14.4. The zero-order chi connectivity index (χ0) is 15.2. The molecule has 21 heavy (non-hydrogen) atoms. The molecule has 0 saturated heterocycles. The van der Waals surface area contributed by atoms with Gasteiger partial charge in [0.2, 0.25) is 0 Å². The van der Waals surface area contributed by atoms with Gasteiger partial charge in [0.25, 0.3) is 0 Å². The van der Waals surface area contributed by atoms with E-state index in [0.717, 1.165) is 28.9 Å². The van der Waals surface area contributed by atoms with Gasteiger partial charge in [0.15, 0.2) is 0 Å². The predicted molar refractivity (Wildman–Crippen MR) is 91.0 cm³/mol. The second-order valence-electron chi connectivity index (χ2n) is 6.37. The van der Waals surface area contributed by atoms with Crippen LogP contribution in [0.2, 0.25) is 0 Å². The van der Waals surface area contributed by atoms with Gasteiger partial charge < -0.3 is 5.32 Å². The van der Waals surface area contributed by atoms with Crippen LogP contribution in [-0.4, -0.2) is 12.6 Å². The monoisotopic (exact) mass is 355 g/mol. The molecule has 3 atom stereocenters. The van der Waals surface area contributed by atoms with Crippen LogP contribution in [0.15, 0.2) is 22.7 Å². The SMILES string of the molecule is CCCC1CCC(NCC)C(Cc2cc(F)cc(Br)c2)C1. The molecule has 1 aliphatic carbocycles. The molecule has 3 unspecified atom stereocenters. The molecule has 1 aromatic rings. The standard InChI is InChI=1S/C18H27BrFN/c1-3-5-13-6-7-18(21-4-2)15(8-13)9-14-10-16(19)12-17(20)11-14/h10-13,15,18,21H,3-9H2,1-2H3. The zero-order valence-electron chi connectivity index (χ0n) is 13.2. The lowest BCUT2D eigenvalue weighted by Crippen LogP contribution is -2.41. The van der Waals surface area contributed by atoms with Crippen LogP contribution < -0.4 is 5.32 Å². The number of halogens is 2. The quantitative estimate of drug-likeness (QED) is 0.727. The molecule has 0 heterocycles. The summed E-state index contributed by atoms with van der Waals surface area (Å²) in [7, 11) is 0. The first-order chi connectivity index (χ1) is 10.1. The van der Waals surface area contributed by atoms with E-state index in [9.17, 15) is 4.39 Å². The van der Waals surface area contributed by atoms with Gasteiger partial charge in [0.05, 0.1) is 0 Å².